The van der Waals surface area contributed by atoms with Crippen molar-refractivity contribution in [2.45, 2.75) is 20.3 Å². The quantitative estimate of drug-likeness (QED) is 0.683. The van der Waals surface area contributed by atoms with Crippen molar-refractivity contribution in [2.75, 3.05) is 7.05 Å². The van der Waals surface area contributed by atoms with Crippen molar-refractivity contribution >= 4 is 16.8 Å². The number of nitrogens with zero attached hydrogens (tertiary/aromatic N) is 2. The summed E-state index contributed by atoms with van der Waals surface area (Å²) >= 11 is 5.80. The van der Waals surface area contributed by atoms with Crippen molar-refractivity contribution in [2.24, 2.45) is 4.99 Å². The number of aliphatic imine (C=N–C) groups is 1. The zero-order valence-electron chi connectivity index (χ0n) is 8.79. The minimum Gasteiger partial charge on any atom is -0.336 e. The summed E-state index contributed by atoms with van der Waals surface area (Å²) in [5, 5.41) is 0.525. The van der Waals surface area contributed by atoms with Crippen LogP contribution >= 0.6 is 11.6 Å². The Labute approximate surface area is 90.3 Å². The Bertz CT molecular complexity index is 324. The van der Waals surface area contributed by atoms with Crippen LogP contribution in [0, 0.1) is 0 Å². The lowest BCUT2D eigenvalue weighted by Gasteiger charge is -2.17. The third kappa shape index (κ3) is 3.04. The van der Waals surface area contributed by atoms with Gasteiger partial charge >= 0.3 is 0 Å². The van der Waals surface area contributed by atoms with Gasteiger partial charge in [-0.3, -0.25) is 0 Å². The lowest BCUT2D eigenvalue weighted by Crippen LogP contribution is -2.13. The van der Waals surface area contributed by atoms with Gasteiger partial charge in [-0.15, -0.1) is 0 Å². The normalized spacial score (nSPS) is 20.3. The lowest BCUT2D eigenvalue weighted by molar-refractivity contribution is 0.558. The van der Waals surface area contributed by atoms with Gasteiger partial charge in [0.25, 0.3) is 0 Å². The Morgan fingerprint density at radius 2 is 2.36 bits per heavy atom. The summed E-state index contributed by atoms with van der Waals surface area (Å²) in [6.45, 7) is 4.23. The first kappa shape index (κ1) is 11.1. The van der Waals surface area contributed by atoms with Crippen molar-refractivity contribution < 1.29 is 0 Å². The Balaban J connectivity index is 2.82. The molecule has 0 saturated carbocycles. The average Bonchev–Trinajstić information content (AvgIpc) is 2.19. The van der Waals surface area contributed by atoms with Crippen LogP contribution in [0.5, 0.6) is 0 Å². The minimum atomic E-state index is 0.525. The molecule has 1 aliphatic rings. The van der Waals surface area contributed by atoms with Crippen molar-refractivity contribution in [3.8, 4) is 0 Å². The van der Waals surface area contributed by atoms with E-state index in [0.717, 1.165) is 12.2 Å². The highest BCUT2D eigenvalue weighted by Gasteiger charge is 2.04. The predicted octanol–water partition coefficient (Wildman–Crippen LogP) is 3.28. The molecule has 0 N–H and O–H groups in total. The molecule has 0 aliphatic carbocycles. The highest BCUT2D eigenvalue weighted by atomic mass is 35.5. The molecule has 2 nitrogen and oxygen atoms in total. The molecule has 0 aromatic carbocycles. The molecule has 0 bridgehead atoms. The molecule has 3 heteroatoms. The van der Waals surface area contributed by atoms with Crippen LogP contribution in [-0.2, 0) is 0 Å². The maximum atomic E-state index is 5.80. The van der Waals surface area contributed by atoms with Gasteiger partial charge in [0, 0.05) is 13.2 Å². The number of hydrogen-bond donors (Lipinski definition) is 0. The standard InChI is InChI=1S/C11H15ClN2/c1-4-9(2)5-6-11-13-10(12)7-8-14(11)3/h5-8H,4H2,1-3H3/b9-5?,11-6-. The second-order valence-electron chi connectivity index (χ2n) is 3.25. The third-order valence-electron chi connectivity index (χ3n) is 2.09. The molecule has 0 spiro atoms. The van der Waals surface area contributed by atoms with Gasteiger partial charge in [-0.1, -0.05) is 30.2 Å². The van der Waals surface area contributed by atoms with Gasteiger partial charge in [0.1, 0.15) is 11.0 Å². The van der Waals surface area contributed by atoms with Crippen LogP contribution in [0.25, 0.3) is 0 Å². The Hall–Kier alpha value is -1.02. The van der Waals surface area contributed by atoms with Crippen molar-refractivity contribution in [3.63, 3.8) is 0 Å². The van der Waals surface area contributed by atoms with E-state index in [1.165, 1.54) is 5.57 Å². The zero-order valence-corrected chi connectivity index (χ0v) is 9.54. The van der Waals surface area contributed by atoms with E-state index >= 15 is 0 Å². The molecular formula is C11H15ClN2. The second-order valence-corrected chi connectivity index (χ2v) is 3.64. The van der Waals surface area contributed by atoms with Crippen LogP contribution < -0.4 is 0 Å². The van der Waals surface area contributed by atoms with Crippen LogP contribution in [0.4, 0.5) is 0 Å². The topological polar surface area (TPSA) is 15.6 Å². The molecule has 0 unspecified atom stereocenters. The predicted molar refractivity (Wildman–Crippen MR) is 62.3 cm³/mol. The number of halogens is 1. The van der Waals surface area contributed by atoms with Gasteiger partial charge < -0.3 is 4.90 Å². The molecule has 0 atom stereocenters. The van der Waals surface area contributed by atoms with Crippen LogP contribution in [-0.4, -0.2) is 17.1 Å². The van der Waals surface area contributed by atoms with E-state index in [-0.39, 0.29) is 0 Å². The molecule has 1 aliphatic heterocycles. The monoisotopic (exact) mass is 210 g/mol. The van der Waals surface area contributed by atoms with E-state index in [9.17, 15) is 0 Å². The summed E-state index contributed by atoms with van der Waals surface area (Å²) < 4.78 is 0. The lowest BCUT2D eigenvalue weighted by atomic mass is 10.2. The van der Waals surface area contributed by atoms with E-state index in [1.807, 2.05) is 24.2 Å². The largest absolute Gasteiger partial charge is 0.336 e. The summed E-state index contributed by atoms with van der Waals surface area (Å²) in [6.07, 6.45) is 8.77. The molecule has 0 saturated heterocycles. The van der Waals surface area contributed by atoms with Gasteiger partial charge in [-0.25, -0.2) is 4.99 Å². The minimum absolute atomic E-state index is 0.525. The smallest absolute Gasteiger partial charge is 0.133 e. The molecule has 0 aromatic heterocycles. The number of allylic oxidation sites excluding steroid dienone is 4. The summed E-state index contributed by atoms with van der Waals surface area (Å²) in [6, 6.07) is 0. The molecule has 1 rings (SSSR count). The summed E-state index contributed by atoms with van der Waals surface area (Å²) in [4.78, 5) is 6.14. The van der Waals surface area contributed by atoms with Crippen molar-refractivity contribution in [1.82, 2.24) is 4.90 Å². The highest BCUT2D eigenvalue weighted by Crippen LogP contribution is 2.13. The van der Waals surface area contributed by atoms with E-state index in [0.29, 0.717) is 5.17 Å². The van der Waals surface area contributed by atoms with Gasteiger partial charge in [0.05, 0.1) is 0 Å². The van der Waals surface area contributed by atoms with Gasteiger partial charge in [0.2, 0.25) is 0 Å². The number of hydrogen-bond acceptors (Lipinski definition) is 2. The first-order valence-electron chi connectivity index (χ1n) is 4.66. The van der Waals surface area contributed by atoms with E-state index in [2.05, 4.69) is 24.9 Å². The van der Waals surface area contributed by atoms with Crippen LogP contribution in [0.3, 0.4) is 0 Å². The zero-order chi connectivity index (χ0) is 10.6. The van der Waals surface area contributed by atoms with Crippen LogP contribution in [0.2, 0.25) is 0 Å². The Morgan fingerprint density at radius 1 is 1.64 bits per heavy atom. The second kappa shape index (κ2) is 5.01. The maximum Gasteiger partial charge on any atom is 0.133 e. The SMILES string of the molecule is CCC(C)=C/C=C1/N=C(Cl)C=CN1C. The van der Waals surface area contributed by atoms with E-state index in [1.54, 1.807) is 6.08 Å². The Morgan fingerprint density at radius 3 is 3.00 bits per heavy atom. The molecule has 0 fully saturated rings. The third-order valence-corrected chi connectivity index (χ3v) is 2.30. The molecule has 0 radical (unpaired) electrons. The maximum absolute atomic E-state index is 5.80. The highest BCUT2D eigenvalue weighted by molar-refractivity contribution is 6.68. The summed E-state index contributed by atoms with van der Waals surface area (Å²) in [5.41, 5.74) is 1.33. The summed E-state index contributed by atoms with van der Waals surface area (Å²) in [5.74, 6) is 0.866. The molecule has 14 heavy (non-hydrogen) atoms. The van der Waals surface area contributed by atoms with Crippen LogP contribution in [0.1, 0.15) is 20.3 Å². The van der Waals surface area contributed by atoms with E-state index in [4.69, 9.17) is 11.6 Å². The van der Waals surface area contributed by atoms with E-state index < -0.39 is 0 Å². The molecular weight excluding hydrogens is 196 g/mol. The summed E-state index contributed by atoms with van der Waals surface area (Å²) in [7, 11) is 1.95. The average molecular weight is 211 g/mol. The fraction of sp³-hybridized carbons (Fsp3) is 0.364. The molecule has 1 heterocycles. The number of rotatable bonds is 2. The van der Waals surface area contributed by atoms with Crippen molar-refractivity contribution in [3.05, 3.63) is 35.8 Å². The fourth-order valence-corrected chi connectivity index (χ4v) is 1.11. The first-order chi connectivity index (χ1) is 6.63. The van der Waals surface area contributed by atoms with Gasteiger partial charge in [0.15, 0.2) is 0 Å². The fourth-order valence-electron chi connectivity index (χ4n) is 0.965. The Kier molecular flexibility index (Phi) is 3.96. The molecule has 0 amide bonds. The van der Waals surface area contributed by atoms with Crippen molar-refractivity contribution in [1.29, 1.82) is 0 Å². The van der Waals surface area contributed by atoms with Crippen LogP contribution in [0.15, 0.2) is 40.8 Å². The first-order valence-corrected chi connectivity index (χ1v) is 5.04. The molecule has 76 valence electrons. The molecule has 0 aromatic rings. The van der Waals surface area contributed by atoms with Gasteiger partial charge in [-0.05, 0) is 25.5 Å². The van der Waals surface area contributed by atoms with Gasteiger partial charge in [-0.2, -0.15) is 0 Å².